The first-order valence-electron chi connectivity index (χ1n) is 5.27. The van der Waals surface area contributed by atoms with Crippen LogP contribution in [0.1, 0.15) is 30.5 Å². The second kappa shape index (κ2) is 6.39. The lowest BCUT2D eigenvalue weighted by Crippen LogP contribution is -2.33. The minimum atomic E-state index is 0. The normalized spacial score (nSPS) is 15.7. The number of nitrogens with one attached hydrogen (secondary N) is 1. The highest BCUT2D eigenvalue weighted by Crippen LogP contribution is 2.18. The molecule has 90 valence electrons. The van der Waals surface area contributed by atoms with Crippen molar-refractivity contribution in [3.05, 3.63) is 16.1 Å². The van der Waals surface area contributed by atoms with Gasteiger partial charge in [0.25, 0.3) is 0 Å². The van der Waals surface area contributed by atoms with Crippen molar-refractivity contribution in [3.63, 3.8) is 0 Å². The van der Waals surface area contributed by atoms with Crippen molar-refractivity contribution in [2.45, 2.75) is 38.8 Å². The van der Waals surface area contributed by atoms with E-state index in [9.17, 15) is 0 Å². The summed E-state index contributed by atoms with van der Waals surface area (Å²) in [6.45, 7) is 2.69. The summed E-state index contributed by atoms with van der Waals surface area (Å²) in [7, 11) is 0. The van der Waals surface area contributed by atoms with E-state index in [1.807, 2.05) is 5.38 Å². The second-order valence-corrected chi connectivity index (χ2v) is 4.65. The molecule has 0 aromatic carbocycles. The number of nitrogens with zero attached hydrogens (tertiary/aromatic N) is 2. The molecule has 0 bridgehead atoms. The highest BCUT2D eigenvalue weighted by atomic mass is 127. The number of rotatable bonds is 4. The molecule has 0 unspecified atom stereocenters. The molecule has 0 aliphatic heterocycles. The summed E-state index contributed by atoms with van der Waals surface area (Å²) in [6.07, 6.45) is 3.42. The van der Waals surface area contributed by atoms with E-state index in [0.717, 1.165) is 17.1 Å². The molecule has 1 aliphatic carbocycles. The van der Waals surface area contributed by atoms with Crippen molar-refractivity contribution in [2.75, 3.05) is 0 Å². The average molecular weight is 352 g/mol. The zero-order valence-electron chi connectivity index (χ0n) is 9.27. The molecule has 16 heavy (non-hydrogen) atoms. The van der Waals surface area contributed by atoms with Crippen LogP contribution in [0.5, 0.6) is 0 Å². The minimum absolute atomic E-state index is 0. The van der Waals surface area contributed by atoms with Crippen LogP contribution >= 0.6 is 35.3 Å². The maximum atomic E-state index is 5.72. The maximum absolute atomic E-state index is 5.72. The molecule has 1 heterocycles. The van der Waals surface area contributed by atoms with E-state index >= 15 is 0 Å². The number of guanidine groups is 1. The van der Waals surface area contributed by atoms with Crippen LogP contribution < -0.4 is 11.1 Å². The van der Waals surface area contributed by atoms with Crippen molar-refractivity contribution in [1.29, 1.82) is 0 Å². The smallest absolute Gasteiger partial charge is 0.189 e. The molecule has 0 radical (unpaired) electrons. The zero-order valence-corrected chi connectivity index (χ0v) is 12.4. The molecule has 1 saturated carbocycles. The van der Waals surface area contributed by atoms with Gasteiger partial charge in [0.05, 0.1) is 17.2 Å². The number of aliphatic imine (C=N–C) groups is 1. The van der Waals surface area contributed by atoms with E-state index in [-0.39, 0.29) is 24.0 Å². The third-order valence-corrected chi connectivity index (χ3v) is 3.28. The van der Waals surface area contributed by atoms with E-state index in [2.05, 4.69) is 22.2 Å². The Kier molecular flexibility index (Phi) is 5.47. The van der Waals surface area contributed by atoms with Gasteiger partial charge in [-0.25, -0.2) is 9.98 Å². The number of nitrogens with two attached hydrogens (primary N) is 1. The molecule has 1 aromatic heterocycles. The third kappa shape index (κ3) is 4.25. The largest absolute Gasteiger partial charge is 0.370 e. The molecule has 0 saturated heterocycles. The Morgan fingerprint density at radius 3 is 3.00 bits per heavy atom. The molecule has 0 atom stereocenters. The topological polar surface area (TPSA) is 63.3 Å². The van der Waals surface area contributed by atoms with E-state index in [1.165, 1.54) is 12.8 Å². The van der Waals surface area contributed by atoms with Crippen molar-refractivity contribution >= 4 is 41.3 Å². The highest BCUT2D eigenvalue weighted by molar-refractivity contribution is 14.0. The molecular formula is C10H17IN4S. The summed E-state index contributed by atoms with van der Waals surface area (Å²) in [5.74, 6) is 0.545. The average Bonchev–Trinajstić information content (AvgIpc) is 2.92. The molecule has 1 fully saturated rings. The Morgan fingerprint density at radius 2 is 2.44 bits per heavy atom. The van der Waals surface area contributed by atoms with Crippen LogP contribution in [0.15, 0.2) is 10.4 Å². The number of aryl methyl sites for hydroxylation is 1. The quantitative estimate of drug-likeness (QED) is 0.494. The zero-order chi connectivity index (χ0) is 10.7. The predicted octanol–water partition coefficient (Wildman–Crippen LogP) is 1.89. The van der Waals surface area contributed by atoms with Crippen LogP contribution in [-0.4, -0.2) is 17.0 Å². The maximum Gasteiger partial charge on any atom is 0.189 e. The first kappa shape index (κ1) is 13.7. The Labute approximate surface area is 117 Å². The van der Waals surface area contributed by atoms with Gasteiger partial charge in [0.1, 0.15) is 0 Å². The van der Waals surface area contributed by atoms with Crippen LogP contribution in [0.3, 0.4) is 0 Å². The van der Waals surface area contributed by atoms with Crippen LogP contribution in [0.2, 0.25) is 0 Å². The molecule has 3 N–H and O–H groups in total. The minimum Gasteiger partial charge on any atom is -0.370 e. The molecule has 0 amide bonds. The number of hydrogen-bond donors (Lipinski definition) is 2. The van der Waals surface area contributed by atoms with Crippen LogP contribution in [0, 0.1) is 0 Å². The van der Waals surface area contributed by atoms with Crippen molar-refractivity contribution < 1.29 is 0 Å². The van der Waals surface area contributed by atoms with Gasteiger partial charge in [0.2, 0.25) is 0 Å². The van der Waals surface area contributed by atoms with Crippen molar-refractivity contribution in [2.24, 2.45) is 10.7 Å². The van der Waals surface area contributed by atoms with Gasteiger partial charge in [-0.1, -0.05) is 6.92 Å². The Morgan fingerprint density at radius 1 is 1.69 bits per heavy atom. The summed E-state index contributed by atoms with van der Waals surface area (Å²) in [6, 6.07) is 0.565. The molecule has 0 spiro atoms. The fourth-order valence-electron chi connectivity index (χ4n) is 1.23. The fourth-order valence-corrected chi connectivity index (χ4v) is 1.97. The van der Waals surface area contributed by atoms with Gasteiger partial charge < -0.3 is 11.1 Å². The van der Waals surface area contributed by atoms with Gasteiger partial charge in [-0.2, -0.15) is 0 Å². The Bertz CT molecular complexity index is 359. The standard InChI is InChI=1S/C10H16N4S.HI/c1-2-9-13-8(6-15-9)5-12-10(11)14-7-3-4-7;/h6-7H,2-5H2,1H3,(H3,11,12,14);1H. The summed E-state index contributed by atoms with van der Waals surface area (Å²) in [5.41, 5.74) is 6.73. The second-order valence-electron chi connectivity index (χ2n) is 3.71. The molecule has 1 aromatic rings. The fraction of sp³-hybridized carbons (Fsp3) is 0.600. The number of hydrogen-bond acceptors (Lipinski definition) is 3. The molecule has 1 aliphatic rings. The number of thiazole rings is 1. The Hall–Kier alpha value is -0.370. The lowest BCUT2D eigenvalue weighted by atomic mass is 10.5. The first-order valence-corrected chi connectivity index (χ1v) is 6.15. The number of aromatic nitrogens is 1. The molecular weight excluding hydrogens is 335 g/mol. The van der Waals surface area contributed by atoms with E-state index < -0.39 is 0 Å². The third-order valence-electron chi connectivity index (χ3n) is 2.24. The lowest BCUT2D eigenvalue weighted by molar-refractivity contribution is 0.871. The Balaban J connectivity index is 0.00000128. The summed E-state index contributed by atoms with van der Waals surface area (Å²) in [5, 5.41) is 6.36. The monoisotopic (exact) mass is 352 g/mol. The van der Waals surface area contributed by atoms with Crippen molar-refractivity contribution in [1.82, 2.24) is 10.3 Å². The lowest BCUT2D eigenvalue weighted by Gasteiger charge is -2.01. The summed E-state index contributed by atoms with van der Waals surface area (Å²) < 4.78 is 0. The van der Waals surface area contributed by atoms with Crippen molar-refractivity contribution in [3.8, 4) is 0 Å². The van der Waals surface area contributed by atoms with Gasteiger partial charge in [-0.05, 0) is 19.3 Å². The predicted molar refractivity (Wildman–Crippen MR) is 78.4 cm³/mol. The molecule has 2 rings (SSSR count). The molecule has 4 nitrogen and oxygen atoms in total. The molecule has 6 heteroatoms. The van der Waals surface area contributed by atoms with Gasteiger partial charge in [0, 0.05) is 11.4 Å². The van der Waals surface area contributed by atoms with Crippen LogP contribution in [0.25, 0.3) is 0 Å². The van der Waals surface area contributed by atoms with Gasteiger partial charge in [-0.15, -0.1) is 35.3 Å². The van der Waals surface area contributed by atoms with E-state index in [1.54, 1.807) is 11.3 Å². The van der Waals surface area contributed by atoms with Gasteiger partial charge in [0.15, 0.2) is 5.96 Å². The summed E-state index contributed by atoms with van der Waals surface area (Å²) in [4.78, 5) is 8.67. The van der Waals surface area contributed by atoms with Gasteiger partial charge >= 0.3 is 0 Å². The van der Waals surface area contributed by atoms with Crippen LogP contribution in [0.4, 0.5) is 0 Å². The van der Waals surface area contributed by atoms with E-state index in [4.69, 9.17) is 5.73 Å². The van der Waals surface area contributed by atoms with E-state index in [0.29, 0.717) is 18.5 Å². The SMILES string of the molecule is CCc1nc(CN=C(N)NC2CC2)cs1.I. The summed E-state index contributed by atoms with van der Waals surface area (Å²) >= 11 is 1.69. The van der Waals surface area contributed by atoms with Gasteiger partial charge in [-0.3, -0.25) is 0 Å². The number of halogens is 1. The highest BCUT2D eigenvalue weighted by Gasteiger charge is 2.21. The van der Waals surface area contributed by atoms with Crippen LogP contribution in [-0.2, 0) is 13.0 Å². The first-order chi connectivity index (χ1) is 7.28.